The van der Waals surface area contributed by atoms with E-state index >= 15 is 0 Å². The zero-order valence-corrected chi connectivity index (χ0v) is 20.2. The number of hydrogen-bond acceptors (Lipinski definition) is 6. The average molecular weight is 488 g/mol. The standard InChI is InChI=1S/C28H29N3O5/c1-34-24-15-12-20(18-26(24)36-22-6-2-3-7-22)23-8-4-16-31(30-23)28(33)19-10-13-21(14-11-19)29-27(32)25-9-5-17-35-25/h5,9-15,17-18,22H,2-4,6-8,16H2,1H3,(H,29,32). The minimum atomic E-state index is -0.347. The smallest absolute Gasteiger partial charge is 0.291 e. The predicted octanol–water partition coefficient (Wildman–Crippen LogP) is 5.50. The van der Waals surface area contributed by atoms with Crippen molar-refractivity contribution >= 4 is 23.2 Å². The number of hydrazone groups is 1. The van der Waals surface area contributed by atoms with E-state index in [9.17, 15) is 9.59 Å². The fraction of sp³-hybridized carbons (Fsp3) is 0.321. The maximum Gasteiger partial charge on any atom is 0.291 e. The molecule has 36 heavy (non-hydrogen) atoms. The number of ether oxygens (including phenoxy) is 2. The second kappa shape index (κ2) is 10.7. The highest BCUT2D eigenvalue weighted by Gasteiger charge is 2.23. The molecule has 1 saturated carbocycles. The van der Waals surface area contributed by atoms with E-state index in [-0.39, 0.29) is 23.7 Å². The molecule has 1 aliphatic heterocycles. The number of nitrogens with zero attached hydrogens (tertiary/aromatic N) is 2. The third-order valence-corrected chi connectivity index (χ3v) is 6.49. The van der Waals surface area contributed by atoms with Crippen molar-refractivity contribution in [2.24, 2.45) is 5.10 Å². The van der Waals surface area contributed by atoms with E-state index in [0.717, 1.165) is 42.7 Å². The number of hydrogen-bond donors (Lipinski definition) is 1. The summed E-state index contributed by atoms with van der Waals surface area (Å²) in [6.07, 6.45) is 7.74. The molecular formula is C28H29N3O5. The van der Waals surface area contributed by atoms with Gasteiger partial charge in [0.1, 0.15) is 0 Å². The van der Waals surface area contributed by atoms with Crippen LogP contribution in [-0.4, -0.2) is 42.3 Å². The molecule has 2 amide bonds. The Balaban J connectivity index is 1.30. The summed E-state index contributed by atoms with van der Waals surface area (Å²) in [5.41, 5.74) is 2.84. The summed E-state index contributed by atoms with van der Waals surface area (Å²) in [7, 11) is 1.64. The maximum absolute atomic E-state index is 13.2. The van der Waals surface area contributed by atoms with Gasteiger partial charge in [-0.2, -0.15) is 5.10 Å². The van der Waals surface area contributed by atoms with E-state index in [1.165, 1.54) is 24.1 Å². The van der Waals surface area contributed by atoms with Crippen molar-refractivity contribution < 1.29 is 23.5 Å². The van der Waals surface area contributed by atoms with E-state index in [1.807, 2.05) is 18.2 Å². The lowest BCUT2D eigenvalue weighted by Crippen LogP contribution is -2.32. The first-order valence-electron chi connectivity index (χ1n) is 12.3. The molecule has 2 aromatic carbocycles. The largest absolute Gasteiger partial charge is 0.493 e. The fourth-order valence-electron chi connectivity index (χ4n) is 4.57. The molecule has 2 aliphatic rings. The zero-order valence-electron chi connectivity index (χ0n) is 20.2. The van der Waals surface area contributed by atoms with E-state index in [0.29, 0.717) is 23.5 Å². The van der Waals surface area contributed by atoms with Crippen LogP contribution in [0.3, 0.4) is 0 Å². The van der Waals surface area contributed by atoms with Crippen LogP contribution in [0.5, 0.6) is 11.5 Å². The minimum Gasteiger partial charge on any atom is -0.493 e. The van der Waals surface area contributed by atoms with Gasteiger partial charge < -0.3 is 19.2 Å². The lowest BCUT2D eigenvalue weighted by atomic mass is 10.0. The Kier molecular flexibility index (Phi) is 7.02. The van der Waals surface area contributed by atoms with Gasteiger partial charge in [-0.25, -0.2) is 5.01 Å². The zero-order chi connectivity index (χ0) is 24.9. The van der Waals surface area contributed by atoms with E-state index < -0.39 is 0 Å². The van der Waals surface area contributed by atoms with Gasteiger partial charge in [0.05, 0.1) is 25.2 Å². The highest BCUT2D eigenvalue weighted by molar-refractivity contribution is 6.04. The van der Waals surface area contributed by atoms with Crippen molar-refractivity contribution in [1.82, 2.24) is 5.01 Å². The molecule has 0 radical (unpaired) electrons. The summed E-state index contributed by atoms with van der Waals surface area (Å²) in [6.45, 7) is 0.543. The molecule has 8 heteroatoms. The third-order valence-electron chi connectivity index (χ3n) is 6.49. The highest BCUT2D eigenvalue weighted by atomic mass is 16.5. The normalized spacial score (nSPS) is 15.9. The molecule has 5 rings (SSSR count). The van der Waals surface area contributed by atoms with Gasteiger partial charge in [0.25, 0.3) is 11.8 Å². The lowest BCUT2D eigenvalue weighted by molar-refractivity contribution is 0.0751. The van der Waals surface area contributed by atoms with Crippen LogP contribution in [-0.2, 0) is 0 Å². The Morgan fingerprint density at radius 2 is 1.83 bits per heavy atom. The number of rotatable bonds is 7. The number of carbonyl (C=O) groups is 2. The van der Waals surface area contributed by atoms with Gasteiger partial charge in [-0.3, -0.25) is 9.59 Å². The predicted molar refractivity (Wildman–Crippen MR) is 136 cm³/mol. The number of carbonyl (C=O) groups excluding carboxylic acids is 2. The van der Waals surface area contributed by atoms with Crippen molar-refractivity contribution in [3.63, 3.8) is 0 Å². The van der Waals surface area contributed by atoms with E-state index in [4.69, 9.17) is 13.9 Å². The topological polar surface area (TPSA) is 93.4 Å². The SMILES string of the molecule is COc1ccc(C2=NN(C(=O)c3ccc(NC(=O)c4ccco4)cc3)CCC2)cc1OC1CCCC1. The molecule has 2 heterocycles. The molecule has 1 aliphatic carbocycles. The molecule has 1 aromatic heterocycles. The fourth-order valence-corrected chi connectivity index (χ4v) is 4.57. The Morgan fingerprint density at radius 1 is 1.03 bits per heavy atom. The van der Waals surface area contributed by atoms with Crippen molar-refractivity contribution in [3.05, 3.63) is 77.7 Å². The molecule has 0 atom stereocenters. The van der Waals surface area contributed by atoms with Crippen molar-refractivity contribution in [2.45, 2.75) is 44.6 Å². The Labute approximate surface area is 209 Å². The third kappa shape index (κ3) is 5.27. The van der Waals surface area contributed by atoms with E-state index in [1.54, 1.807) is 43.5 Å². The van der Waals surface area contributed by atoms with Crippen LogP contribution >= 0.6 is 0 Å². The first-order valence-corrected chi connectivity index (χ1v) is 12.3. The van der Waals surface area contributed by atoms with Crippen LogP contribution in [0.1, 0.15) is 65.0 Å². The highest BCUT2D eigenvalue weighted by Crippen LogP contribution is 2.33. The number of furan rings is 1. The number of amides is 2. The molecule has 1 fully saturated rings. The van der Waals surface area contributed by atoms with E-state index in [2.05, 4.69) is 10.4 Å². The summed E-state index contributed by atoms with van der Waals surface area (Å²) in [5, 5.41) is 8.95. The summed E-state index contributed by atoms with van der Waals surface area (Å²) >= 11 is 0. The van der Waals surface area contributed by atoms with Gasteiger partial charge >= 0.3 is 0 Å². The molecular weight excluding hydrogens is 458 g/mol. The maximum atomic E-state index is 13.2. The van der Waals surface area contributed by atoms with Gasteiger partial charge in [0.15, 0.2) is 17.3 Å². The molecule has 0 bridgehead atoms. The number of methoxy groups -OCH3 is 1. The van der Waals surface area contributed by atoms with Crippen molar-refractivity contribution in [1.29, 1.82) is 0 Å². The number of benzene rings is 2. The molecule has 1 N–H and O–H groups in total. The van der Waals surface area contributed by atoms with Crippen molar-refractivity contribution in [2.75, 3.05) is 19.0 Å². The first-order chi connectivity index (χ1) is 17.6. The lowest BCUT2D eigenvalue weighted by Gasteiger charge is -2.24. The van der Waals surface area contributed by atoms with Crippen LogP contribution in [0, 0.1) is 0 Å². The Bertz CT molecular complexity index is 1240. The summed E-state index contributed by atoms with van der Waals surface area (Å²) in [4.78, 5) is 25.3. The first kappa shape index (κ1) is 23.7. The molecule has 8 nitrogen and oxygen atoms in total. The summed E-state index contributed by atoms with van der Waals surface area (Å²) in [6, 6.07) is 15.8. The number of nitrogens with one attached hydrogen (secondary N) is 1. The minimum absolute atomic E-state index is 0.188. The van der Waals surface area contributed by atoms with Gasteiger partial charge in [-0.1, -0.05) is 0 Å². The molecule has 0 unspecified atom stereocenters. The van der Waals surface area contributed by atoms with Crippen LogP contribution in [0.4, 0.5) is 5.69 Å². The monoisotopic (exact) mass is 487 g/mol. The second-order valence-corrected chi connectivity index (χ2v) is 8.98. The molecule has 186 valence electrons. The van der Waals surface area contributed by atoms with Gasteiger partial charge in [-0.15, -0.1) is 0 Å². The van der Waals surface area contributed by atoms with Gasteiger partial charge in [-0.05, 0) is 93.1 Å². The Morgan fingerprint density at radius 3 is 2.56 bits per heavy atom. The molecule has 3 aromatic rings. The number of anilines is 1. The summed E-state index contributed by atoms with van der Waals surface area (Å²) < 4.78 is 16.9. The van der Waals surface area contributed by atoms with Crippen molar-refractivity contribution in [3.8, 4) is 11.5 Å². The molecule has 0 saturated heterocycles. The van der Waals surface area contributed by atoms with Gasteiger partial charge in [0, 0.05) is 23.4 Å². The van der Waals surface area contributed by atoms with Crippen LogP contribution in [0.15, 0.2) is 70.4 Å². The Hall–Kier alpha value is -4.07. The summed E-state index contributed by atoms with van der Waals surface area (Å²) in [5.74, 6) is 1.11. The average Bonchev–Trinajstić information content (AvgIpc) is 3.64. The van der Waals surface area contributed by atoms with Crippen LogP contribution < -0.4 is 14.8 Å². The van der Waals surface area contributed by atoms with Gasteiger partial charge in [0.2, 0.25) is 0 Å². The quantitative estimate of drug-likeness (QED) is 0.475. The van der Waals surface area contributed by atoms with Crippen LogP contribution in [0.25, 0.3) is 0 Å². The van der Waals surface area contributed by atoms with Crippen LogP contribution in [0.2, 0.25) is 0 Å². The second-order valence-electron chi connectivity index (χ2n) is 8.98. The molecule has 0 spiro atoms.